The van der Waals surface area contributed by atoms with Crippen LogP contribution in [0.5, 0.6) is 0 Å². The molecule has 0 atom stereocenters. The molecular formula is C16H14FN3OS2. The molecule has 0 fully saturated rings. The monoisotopic (exact) mass is 347 g/mol. The van der Waals surface area contributed by atoms with Crippen molar-refractivity contribution >= 4 is 28.9 Å². The molecule has 0 aliphatic carbocycles. The molecule has 3 aromatic rings. The zero-order valence-electron chi connectivity index (χ0n) is 12.6. The molecule has 0 amide bonds. The summed E-state index contributed by atoms with van der Waals surface area (Å²) in [5.41, 5.74) is 0.786. The van der Waals surface area contributed by atoms with Crippen LogP contribution in [0.15, 0.2) is 41.6 Å². The van der Waals surface area contributed by atoms with E-state index in [-0.39, 0.29) is 11.6 Å². The van der Waals surface area contributed by atoms with Crippen molar-refractivity contribution in [3.63, 3.8) is 0 Å². The number of aryl methyl sites for hydroxylation is 1. The van der Waals surface area contributed by atoms with E-state index in [0.717, 1.165) is 15.3 Å². The minimum Gasteiger partial charge on any atom is -0.305 e. The van der Waals surface area contributed by atoms with Crippen LogP contribution in [0.3, 0.4) is 0 Å². The zero-order valence-corrected chi connectivity index (χ0v) is 14.2. The van der Waals surface area contributed by atoms with Crippen molar-refractivity contribution in [2.75, 3.05) is 5.75 Å². The van der Waals surface area contributed by atoms with Gasteiger partial charge in [-0.2, -0.15) is 0 Å². The summed E-state index contributed by atoms with van der Waals surface area (Å²) < 4.78 is 14.8. The number of hydrogen-bond acceptors (Lipinski definition) is 5. The highest BCUT2D eigenvalue weighted by molar-refractivity contribution is 7.99. The van der Waals surface area contributed by atoms with E-state index in [9.17, 15) is 9.18 Å². The molecule has 0 spiro atoms. The molecular weight excluding hydrogens is 333 g/mol. The maximum Gasteiger partial charge on any atom is 0.191 e. The molecule has 0 bridgehead atoms. The molecule has 0 aliphatic rings. The highest BCUT2D eigenvalue weighted by Crippen LogP contribution is 2.24. The molecule has 2 aromatic heterocycles. The number of ketones is 1. The first-order valence-electron chi connectivity index (χ1n) is 6.92. The van der Waals surface area contributed by atoms with Crippen LogP contribution in [0.1, 0.15) is 14.5 Å². The van der Waals surface area contributed by atoms with Crippen LogP contribution in [0, 0.1) is 12.7 Å². The number of carbonyl (C=O) groups is 1. The third-order valence-electron chi connectivity index (χ3n) is 3.28. The summed E-state index contributed by atoms with van der Waals surface area (Å²) in [5.74, 6) is 0.753. The molecule has 0 N–H and O–H groups in total. The Hall–Kier alpha value is -1.99. The van der Waals surface area contributed by atoms with Gasteiger partial charge in [0.15, 0.2) is 16.8 Å². The molecule has 2 heterocycles. The largest absolute Gasteiger partial charge is 0.305 e. The highest BCUT2D eigenvalue weighted by atomic mass is 32.2. The van der Waals surface area contributed by atoms with Gasteiger partial charge in [0.25, 0.3) is 0 Å². The van der Waals surface area contributed by atoms with E-state index in [2.05, 4.69) is 10.2 Å². The molecule has 118 valence electrons. The quantitative estimate of drug-likeness (QED) is 0.518. The number of Topliss-reactive ketones (excluding diaryl/α,β-unsaturated/α-hetero) is 1. The first-order chi connectivity index (χ1) is 11.0. The molecule has 0 saturated carbocycles. The number of thiophene rings is 1. The van der Waals surface area contributed by atoms with Crippen molar-refractivity contribution in [2.24, 2.45) is 7.05 Å². The average Bonchev–Trinajstić information content (AvgIpc) is 3.12. The Kier molecular flexibility index (Phi) is 4.58. The topological polar surface area (TPSA) is 47.8 Å². The lowest BCUT2D eigenvalue weighted by molar-refractivity contribution is 0.102. The summed E-state index contributed by atoms with van der Waals surface area (Å²) >= 11 is 2.85. The van der Waals surface area contributed by atoms with Gasteiger partial charge in [-0.3, -0.25) is 4.79 Å². The van der Waals surface area contributed by atoms with Crippen LogP contribution >= 0.6 is 23.1 Å². The predicted molar refractivity (Wildman–Crippen MR) is 90.5 cm³/mol. The lowest BCUT2D eigenvalue weighted by Gasteiger charge is -2.03. The number of hydrogen-bond donors (Lipinski definition) is 0. The van der Waals surface area contributed by atoms with Crippen molar-refractivity contribution < 1.29 is 9.18 Å². The van der Waals surface area contributed by atoms with Gasteiger partial charge in [0.1, 0.15) is 5.82 Å². The summed E-state index contributed by atoms with van der Waals surface area (Å²) in [4.78, 5) is 14.0. The second kappa shape index (κ2) is 6.64. The lowest BCUT2D eigenvalue weighted by Crippen LogP contribution is -2.02. The van der Waals surface area contributed by atoms with Crippen molar-refractivity contribution in [2.45, 2.75) is 12.1 Å². The van der Waals surface area contributed by atoms with Gasteiger partial charge in [-0.25, -0.2) is 4.39 Å². The smallest absolute Gasteiger partial charge is 0.191 e. The molecule has 1 aromatic carbocycles. The normalized spacial score (nSPS) is 10.9. The Morgan fingerprint density at radius 1 is 1.22 bits per heavy atom. The number of benzene rings is 1. The molecule has 0 unspecified atom stereocenters. The van der Waals surface area contributed by atoms with Crippen LogP contribution in [0.25, 0.3) is 11.4 Å². The van der Waals surface area contributed by atoms with E-state index in [1.54, 1.807) is 12.1 Å². The van der Waals surface area contributed by atoms with Gasteiger partial charge in [-0.15, -0.1) is 21.5 Å². The van der Waals surface area contributed by atoms with Gasteiger partial charge >= 0.3 is 0 Å². The third-order valence-corrected chi connectivity index (χ3v) is 5.35. The standard InChI is InChI=1S/C16H14FN3OS2/c1-10-3-8-14(23-10)13(21)9-22-16-19-18-15(20(16)2)11-4-6-12(17)7-5-11/h3-8H,9H2,1-2H3. The fraction of sp³-hybridized carbons (Fsp3) is 0.188. The fourth-order valence-electron chi connectivity index (χ4n) is 2.08. The predicted octanol–water partition coefficient (Wildman–Crippen LogP) is 3.97. The number of thioether (sulfide) groups is 1. The first-order valence-corrected chi connectivity index (χ1v) is 8.72. The van der Waals surface area contributed by atoms with Gasteiger partial charge in [0.05, 0.1) is 10.6 Å². The number of nitrogens with zero attached hydrogens (tertiary/aromatic N) is 3. The first kappa shape index (κ1) is 15.9. The number of halogens is 1. The summed E-state index contributed by atoms with van der Waals surface area (Å²) in [6.45, 7) is 1.98. The number of rotatable bonds is 5. The van der Waals surface area contributed by atoms with E-state index in [1.807, 2.05) is 30.7 Å². The Morgan fingerprint density at radius 2 is 1.96 bits per heavy atom. The van der Waals surface area contributed by atoms with Gasteiger partial charge in [0.2, 0.25) is 0 Å². The molecule has 23 heavy (non-hydrogen) atoms. The maximum absolute atomic E-state index is 13.0. The average molecular weight is 347 g/mol. The zero-order chi connectivity index (χ0) is 16.4. The Labute approximate surface area is 141 Å². The molecule has 0 radical (unpaired) electrons. The van der Waals surface area contributed by atoms with Gasteiger partial charge in [0, 0.05) is 17.5 Å². The van der Waals surface area contributed by atoms with E-state index in [4.69, 9.17) is 0 Å². The highest BCUT2D eigenvalue weighted by Gasteiger charge is 2.14. The fourth-order valence-corrected chi connectivity index (χ4v) is 3.77. The Morgan fingerprint density at radius 3 is 2.61 bits per heavy atom. The Bertz CT molecular complexity index is 839. The third kappa shape index (κ3) is 3.51. The van der Waals surface area contributed by atoms with Gasteiger partial charge in [-0.1, -0.05) is 11.8 Å². The molecule has 0 aliphatic heterocycles. The summed E-state index contributed by atoms with van der Waals surface area (Å²) in [6, 6.07) is 9.89. The van der Waals surface area contributed by atoms with Crippen LogP contribution in [-0.2, 0) is 7.05 Å². The van der Waals surface area contributed by atoms with Gasteiger partial charge in [-0.05, 0) is 43.3 Å². The van der Waals surface area contributed by atoms with Crippen LogP contribution < -0.4 is 0 Å². The summed E-state index contributed by atoms with van der Waals surface area (Å²) in [6.07, 6.45) is 0. The van der Waals surface area contributed by atoms with Gasteiger partial charge < -0.3 is 4.57 Å². The van der Waals surface area contributed by atoms with Crippen molar-refractivity contribution in [3.05, 3.63) is 52.0 Å². The van der Waals surface area contributed by atoms with E-state index in [1.165, 1.54) is 35.2 Å². The SMILES string of the molecule is Cc1ccc(C(=O)CSc2nnc(-c3ccc(F)cc3)n2C)s1. The second-order valence-electron chi connectivity index (χ2n) is 4.99. The number of carbonyl (C=O) groups excluding carboxylic acids is 1. The van der Waals surface area contributed by atoms with Crippen LogP contribution in [0.2, 0.25) is 0 Å². The van der Waals surface area contributed by atoms with Crippen molar-refractivity contribution in [3.8, 4) is 11.4 Å². The molecule has 7 heteroatoms. The van der Waals surface area contributed by atoms with Crippen LogP contribution in [-0.4, -0.2) is 26.3 Å². The molecule has 3 rings (SSSR count). The Balaban J connectivity index is 1.72. The van der Waals surface area contributed by atoms with Crippen molar-refractivity contribution in [1.82, 2.24) is 14.8 Å². The lowest BCUT2D eigenvalue weighted by atomic mass is 10.2. The summed E-state index contributed by atoms with van der Waals surface area (Å²) in [7, 11) is 1.83. The van der Waals surface area contributed by atoms with Crippen molar-refractivity contribution in [1.29, 1.82) is 0 Å². The number of aromatic nitrogens is 3. The second-order valence-corrected chi connectivity index (χ2v) is 7.22. The van der Waals surface area contributed by atoms with E-state index in [0.29, 0.717) is 16.7 Å². The van der Waals surface area contributed by atoms with E-state index >= 15 is 0 Å². The van der Waals surface area contributed by atoms with Crippen LogP contribution in [0.4, 0.5) is 4.39 Å². The summed E-state index contributed by atoms with van der Waals surface area (Å²) in [5, 5.41) is 8.91. The minimum absolute atomic E-state index is 0.0828. The van der Waals surface area contributed by atoms with E-state index < -0.39 is 0 Å². The molecule has 0 saturated heterocycles. The molecule has 4 nitrogen and oxygen atoms in total. The minimum atomic E-state index is -0.289. The maximum atomic E-state index is 13.0.